The van der Waals surface area contributed by atoms with Crippen molar-refractivity contribution in [2.45, 2.75) is 17.7 Å². The molecule has 0 radical (unpaired) electrons. The van der Waals surface area contributed by atoms with Crippen LogP contribution >= 0.6 is 35.0 Å². The molecule has 31 heavy (non-hydrogen) atoms. The Morgan fingerprint density at radius 2 is 1.65 bits per heavy atom. The number of hydrogen-bond donors (Lipinski definition) is 1. The minimum absolute atomic E-state index is 0.0744. The topological polar surface area (TPSA) is 38.3 Å². The third kappa shape index (κ3) is 6.32. The number of amides is 1. The van der Waals surface area contributed by atoms with Gasteiger partial charge in [-0.2, -0.15) is 0 Å². The van der Waals surface area contributed by atoms with Gasteiger partial charge in [0.25, 0.3) is 0 Å². The third-order valence-corrected chi connectivity index (χ3v) is 5.57. The molecule has 3 aromatic carbocycles. The molecule has 3 nitrogen and oxygen atoms in total. The number of ether oxygens (including phenoxy) is 1. The van der Waals surface area contributed by atoms with E-state index in [-0.39, 0.29) is 33.5 Å². The van der Waals surface area contributed by atoms with Gasteiger partial charge in [0, 0.05) is 21.7 Å². The van der Waals surface area contributed by atoms with Gasteiger partial charge in [0.1, 0.15) is 5.75 Å². The summed E-state index contributed by atoms with van der Waals surface area (Å²) >= 11 is 14.2. The molecule has 3 rings (SSSR count). The van der Waals surface area contributed by atoms with Crippen LogP contribution in [0.5, 0.6) is 5.75 Å². The average molecular weight is 486 g/mol. The molecule has 0 aliphatic carbocycles. The fourth-order valence-corrected chi connectivity index (χ4v) is 4.02. The van der Waals surface area contributed by atoms with Crippen molar-refractivity contribution in [1.29, 1.82) is 0 Å². The van der Waals surface area contributed by atoms with Gasteiger partial charge in [-0.1, -0.05) is 53.5 Å². The van der Waals surface area contributed by atoms with Gasteiger partial charge in [0.2, 0.25) is 5.91 Å². The van der Waals surface area contributed by atoms with E-state index in [4.69, 9.17) is 23.2 Å². The molecule has 0 bridgehead atoms. The van der Waals surface area contributed by atoms with E-state index in [9.17, 15) is 18.0 Å². The van der Waals surface area contributed by atoms with E-state index in [0.717, 1.165) is 10.5 Å². The van der Waals surface area contributed by atoms with Crippen LogP contribution in [0.25, 0.3) is 11.1 Å². The highest BCUT2D eigenvalue weighted by atomic mass is 35.5. The maximum absolute atomic E-state index is 12.7. The number of benzene rings is 3. The van der Waals surface area contributed by atoms with Gasteiger partial charge < -0.3 is 10.1 Å². The van der Waals surface area contributed by atoms with Crippen molar-refractivity contribution in [2.24, 2.45) is 0 Å². The summed E-state index contributed by atoms with van der Waals surface area (Å²) in [5.74, 6) is -0.707. The first kappa shape index (κ1) is 23.3. The Bertz CT molecular complexity index is 1070. The number of rotatable bonds is 6. The predicted molar refractivity (Wildman–Crippen MR) is 119 cm³/mol. The van der Waals surface area contributed by atoms with Gasteiger partial charge in [-0.05, 0) is 42.2 Å². The van der Waals surface area contributed by atoms with Gasteiger partial charge in [0.15, 0.2) is 0 Å². The van der Waals surface area contributed by atoms with Crippen LogP contribution in [0.4, 0.5) is 18.9 Å². The summed E-state index contributed by atoms with van der Waals surface area (Å²) in [5.41, 5.74) is 1.43. The van der Waals surface area contributed by atoms with Crippen LogP contribution in [0.2, 0.25) is 10.0 Å². The molecule has 0 saturated heterocycles. The number of nitrogens with one attached hydrogen (secondary N) is 1. The lowest BCUT2D eigenvalue weighted by Gasteiger charge is -2.16. The molecule has 3 aromatic rings. The van der Waals surface area contributed by atoms with Crippen LogP contribution in [0.15, 0.2) is 65.6 Å². The molecule has 1 amide bonds. The molecule has 162 valence electrons. The third-order valence-electron chi connectivity index (χ3n) is 4.23. The van der Waals surface area contributed by atoms with Crippen molar-refractivity contribution >= 4 is 46.6 Å². The normalized spacial score (nSPS) is 11.3. The largest absolute Gasteiger partial charge is 0.573 e. The van der Waals surface area contributed by atoms with Crippen molar-refractivity contribution in [1.82, 2.24) is 0 Å². The number of para-hydroxylation sites is 1. The van der Waals surface area contributed by atoms with E-state index in [0.29, 0.717) is 5.69 Å². The molecule has 0 unspecified atom stereocenters. The van der Waals surface area contributed by atoms with Crippen molar-refractivity contribution < 1.29 is 22.7 Å². The van der Waals surface area contributed by atoms with E-state index in [1.807, 2.05) is 30.5 Å². The number of carbonyl (C=O) groups excluding carboxylic acids is 1. The first-order chi connectivity index (χ1) is 14.7. The van der Waals surface area contributed by atoms with Crippen molar-refractivity contribution in [2.75, 3.05) is 11.6 Å². The monoisotopic (exact) mass is 485 g/mol. The Labute approximate surface area is 191 Å². The van der Waals surface area contributed by atoms with E-state index in [1.54, 1.807) is 17.8 Å². The second kappa shape index (κ2) is 9.85. The number of halogens is 5. The fraction of sp³-hybridized carbons (Fsp3) is 0.136. The molecule has 9 heteroatoms. The van der Waals surface area contributed by atoms with Crippen molar-refractivity contribution in [3.63, 3.8) is 0 Å². The Balaban J connectivity index is 1.82. The summed E-state index contributed by atoms with van der Waals surface area (Å²) < 4.78 is 42.3. The van der Waals surface area contributed by atoms with Gasteiger partial charge in [0.05, 0.1) is 16.5 Å². The smallest absolute Gasteiger partial charge is 0.405 e. The first-order valence-corrected chi connectivity index (χ1v) is 10.9. The molecule has 0 heterocycles. The average Bonchev–Trinajstić information content (AvgIpc) is 2.68. The Morgan fingerprint density at radius 3 is 2.23 bits per heavy atom. The maximum Gasteiger partial charge on any atom is 0.573 e. The van der Waals surface area contributed by atoms with Crippen LogP contribution in [-0.2, 0) is 11.2 Å². The van der Waals surface area contributed by atoms with Gasteiger partial charge in [-0.3, -0.25) is 4.79 Å². The van der Waals surface area contributed by atoms with Gasteiger partial charge >= 0.3 is 6.36 Å². The second-order valence-corrected chi connectivity index (χ2v) is 8.13. The summed E-state index contributed by atoms with van der Waals surface area (Å²) in [5, 5.41) is 2.86. The van der Waals surface area contributed by atoms with Crippen LogP contribution in [0.1, 0.15) is 5.56 Å². The van der Waals surface area contributed by atoms with E-state index in [1.165, 1.54) is 30.3 Å². The number of thioether (sulfide) groups is 1. The lowest BCUT2D eigenvalue weighted by Crippen LogP contribution is -2.17. The number of carbonyl (C=O) groups is 1. The van der Waals surface area contributed by atoms with E-state index >= 15 is 0 Å². The van der Waals surface area contributed by atoms with Crippen molar-refractivity contribution in [3.8, 4) is 16.9 Å². The molecule has 0 aliphatic heterocycles. The zero-order valence-electron chi connectivity index (χ0n) is 16.1. The molecular formula is C22H16Cl2F3NO2S. The Morgan fingerprint density at radius 1 is 1.03 bits per heavy atom. The SMILES string of the molecule is CSc1ccc(CC(=O)Nc2cc(Cl)c(-c3ccccc3OC(F)(F)F)c(Cl)c2)cc1. The molecule has 0 fully saturated rings. The highest BCUT2D eigenvalue weighted by molar-refractivity contribution is 7.98. The highest BCUT2D eigenvalue weighted by Crippen LogP contribution is 2.42. The summed E-state index contributed by atoms with van der Waals surface area (Å²) in [6.07, 6.45) is -2.75. The van der Waals surface area contributed by atoms with Crippen LogP contribution < -0.4 is 10.1 Å². The molecule has 0 aliphatic rings. The lowest BCUT2D eigenvalue weighted by atomic mass is 10.0. The van der Waals surface area contributed by atoms with Crippen molar-refractivity contribution in [3.05, 3.63) is 76.3 Å². The predicted octanol–water partition coefficient (Wildman–Crippen LogP) is 7.46. The van der Waals surface area contributed by atoms with Gasteiger partial charge in [-0.15, -0.1) is 24.9 Å². The molecule has 1 N–H and O–H groups in total. The summed E-state index contributed by atoms with van der Waals surface area (Å²) in [6, 6.07) is 16.0. The standard InChI is InChI=1S/C22H16Cl2F3NO2S/c1-31-15-8-6-13(7-9-15)10-20(29)28-14-11-17(23)21(18(24)12-14)16-4-2-3-5-19(16)30-22(25,26)27/h2-9,11-12H,10H2,1H3,(H,28,29). The minimum atomic E-state index is -4.86. The fourth-order valence-electron chi connectivity index (χ4n) is 2.92. The first-order valence-electron chi connectivity index (χ1n) is 8.93. The maximum atomic E-state index is 12.7. The van der Waals surface area contributed by atoms with Crippen LogP contribution in [0, 0.1) is 0 Å². The molecule has 0 atom stereocenters. The van der Waals surface area contributed by atoms with E-state index in [2.05, 4.69) is 10.1 Å². The second-order valence-electron chi connectivity index (χ2n) is 6.43. The summed E-state index contributed by atoms with van der Waals surface area (Å²) in [4.78, 5) is 13.5. The molecule has 0 saturated carbocycles. The quantitative estimate of drug-likeness (QED) is 0.368. The molecular weight excluding hydrogens is 470 g/mol. The number of anilines is 1. The molecule has 0 aromatic heterocycles. The number of alkyl halides is 3. The molecule has 0 spiro atoms. The zero-order valence-corrected chi connectivity index (χ0v) is 18.4. The van der Waals surface area contributed by atoms with E-state index < -0.39 is 12.1 Å². The minimum Gasteiger partial charge on any atom is -0.405 e. The van der Waals surface area contributed by atoms with Crippen LogP contribution in [0.3, 0.4) is 0 Å². The van der Waals surface area contributed by atoms with Crippen LogP contribution in [-0.4, -0.2) is 18.5 Å². The lowest BCUT2D eigenvalue weighted by molar-refractivity contribution is -0.274. The summed E-state index contributed by atoms with van der Waals surface area (Å²) in [7, 11) is 0. The van der Waals surface area contributed by atoms with Gasteiger partial charge in [-0.25, -0.2) is 0 Å². The highest BCUT2D eigenvalue weighted by Gasteiger charge is 2.32. The Kier molecular flexibility index (Phi) is 7.41. The zero-order chi connectivity index (χ0) is 22.6. The Hall–Kier alpha value is -2.35. The summed E-state index contributed by atoms with van der Waals surface area (Å²) in [6.45, 7) is 0. The number of hydrogen-bond acceptors (Lipinski definition) is 3.